The van der Waals surface area contributed by atoms with Crippen molar-refractivity contribution in [2.45, 2.75) is 32.0 Å². The second kappa shape index (κ2) is 9.01. The number of benzene rings is 1. The number of aromatic carboxylic acids is 1. The average molecular weight is 457 g/mol. The van der Waals surface area contributed by atoms with Gasteiger partial charge in [-0.25, -0.2) is 14.4 Å². The molecule has 0 saturated carbocycles. The van der Waals surface area contributed by atoms with Gasteiger partial charge in [0.2, 0.25) is 5.88 Å². The minimum absolute atomic E-state index is 0.00205. The van der Waals surface area contributed by atoms with Crippen LogP contribution in [0.2, 0.25) is 0 Å². The van der Waals surface area contributed by atoms with Crippen LogP contribution in [0.4, 0.5) is 17.6 Å². The molecule has 2 heterocycles. The Morgan fingerprint density at radius 1 is 1.06 bits per heavy atom. The van der Waals surface area contributed by atoms with Crippen molar-refractivity contribution in [1.82, 2.24) is 9.97 Å². The molecule has 1 aliphatic carbocycles. The molecule has 4 rings (SSSR count). The molecule has 3 aromatic rings. The highest BCUT2D eigenvalue weighted by Crippen LogP contribution is 2.43. The molecule has 1 aromatic carbocycles. The van der Waals surface area contributed by atoms with Crippen molar-refractivity contribution >= 4 is 17.1 Å². The quantitative estimate of drug-likeness (QED) is 0.503. The second-order valence-electron chi connectivity index (χ2n) is 7.50. The molecule has 0 spiro atoms. The fourth-order valence-corrected chi connectivity index (χ4v) is 3.71. The first-order valence-corrected chi connectivity index (χ1v) is 10.1. The minimum Gasteiger partial charge on any atom is -0.543 e. The Morgan fingerprint density at radius 3 is 2.48 bits per heavy atom. The molecule has 0 bridgehead atoms. The molecule has 0 unspecified atom stereocenters. The highest BCUT2D eigenvalue weighted by molar-refractivity contribution is 5.94. The van der Waals surface area contributed by atoms with E-state index >= 15 is 0 Å². The van der Waals surface area contributed by atoms with Crippen molar-refractivity contribution in [3.05, 3.63) is 88.6 Å². The fourth-order valence-electron chi connectivity index (χ4n) is 3.71. The van der Waals surface area contributed by atoms with Gasteiger partial charge < -0.3 is 14.6 Å². The summed E-state index contributed by atoms with van der Waals surface area (Å²) in [4.78, 5) is 19.2. The lowest BCUT2D eigenvalue weighted by atomic mass is 9.99. The summed E-state index contributed by atoms with van der Waals surface area (Å²) in [6.07, 6.45) is -2.30. The normalized spacial score (nSPS) is 13.9. The van der Waals surface area contributed by atoms with Crippen LogP contribution in [-0.2, 0) is 12.8 Å². The number of allylic oxidation sites excluding steroid dienone is 2. The van der Waals surface area contributed by atoms with E-state index in [0.717, 1.165) is 6.07 Å². The fraction of sp³-hybridized carbons (Fsp3) is 0.208. The number of halogens is 4. The molecule has 0 amide bonds. The Labute approximate surface area is 186 Å². The number of carboxylic acids is 1. The van der Waals surface area contributed by atoms with Gasteiger partial charge in [-0.3, -0.25) is 0 Å². The summed E-state index contributed by atoms with van der Waals surface area (Å²) in [5.41, 5.74) is 1.14. The number of alkyl halides is 3. The van der Waals surface area contributed by atoms with Crippen molar-refractivity contribution in [1.29, 1.82) is 0 Å². The largest absolute Gasteiger partial charge is 0.543 e. The lowest BCUT2D eigenvalue weighted by molar-refractivity contribution is -0.255. The summed E-state index contributed by atoms with van der Waals surface area (Å²) in [5.74, 6) is -1.86. The van der Waals surface area contributed by atoms with Gasteiger partial charge in [0, 0.05) is 11.8 Å². The Balaban J connectivity index is 1.77. The van der Waals surface area contributed by atoms with E-state index in [1.165, 1.54) is 36.4 Å². The van der Waals surface area contributed by atoms with Crippen LogP contribution < -0.4 is 9.84 Å². The van der Waals surface area contributed by atoms with Crippen molar-refractivity contribution in [2.24, 2.45) is 0 Å². The average Bonchev–Trinajstić information content (AvgIpc) is 3.28. The SMILES string of the molecule is O=C([O-])c1cccc(C2=C(c3cc(C(F)(F)F)cnc3OCc3ccc(F)cc3)CCC2)n1. The smallest absolute Gasteiger partial charge is 0.417 e. The number of carboxylic acid groups (broad SMARTS) is 1. The van der Waals surface area contributed by atoms with Crippen molar-refractivity contribution in [3.63, 3.8) is 0 Å². The van der Waals surface area contributed by atoms with E-state index in [1.54, 1.807) is 6.07 Å². The first kappa shape index (κ1) is 22.4. The maximum Gasteiger partial charge on any atom is 0.417 e. The second-order valence-corrected chi connectivity index (χ2v) is 7.50. The molecule has 9 heteroatoms. The maximum atomic E-state index is 13.4. The van der Waals surface area contributed by atoms with Gasteiger partial charge >= 0.3 is 6.18 Å². The maximum absolute atomic E-state index is 13.4. The van der Waals surface area contributed by atoms with E-state index in [4.69, 9.17) is 4.74 Å². The van der Waals surface area contributed by atoms with Crippen LogP contribution in [0.15, 0.2) is 54.7 Å². The Hall–Kier alpha value is -3.75. The van der Waals surface area contributed by atoms with Crippen LogP contribution in [-0.4, -0.2) is 15.9 Å². The van der Waals surface area contributed by atoms with E-state index in [0.29, 0.717) is 47.9 Å². The van der Waals surface area contributed by atoms with Gasteiger partial charge in [0.05, 0.1) is 22.9 Å². The topological polar surface area (TPSA) is 75.1 Å². The molecule has 2 aromatic heterocycles. The number of hydrogen-bond donors (Lipinski definition) is 0. The molecular formula is C24H17F4N2O3-. The van der Waals surface area contributed by atoms with E-state index in [9.17, 15) is 27.5 Å². The van der Waals surface area contributed by atoms with Gasteiger partial charge in [0.25, 0.3) is 0 Å². The molecule has 0 radical (unpaired) electrons. The standard InChI is InChI=1S/C24H18F4N2O3/c25-16-9-7-14(8-10-16)13-33-22-19(11-15(12-29-22)24(26,27)28)17-3-1-4-18(17)20-5-2-6-21(30-20)23(31)32/h2,5-12H,1,3-4,13H2,(H,31,32)/p-1. The highest BCUT2D eigenvalue weighted by Gasteiger charge is 2.33. The summed E-state index contributed by atoms with van der Waals surface area (Å²) in [5, 5.41) is 11.2. The molecule has 170 valence electrons. The van der Waals surface area contributed by atoms with E-state index < -0.39 is 23.5 Å². The van der Waals surface area contributed by atoms with Gasteiger partial charge in [-0.1, -0.05) is 18.2 Å². The van der Waals surface area contributed by atoms with Crippen LogP contribution in [0, 0.1) is 5.82 Å². The summed E-state index contributed by atoms with van der Waals surface area (Å²) in [6.45, 7) is -0.0212. The summed E-state index contributed by atoms with van der Waals surface area (Å²) < 4.78 is 59.1. The van der Waals surface area contributed by atoms with Crippen LogP contribution >= 0.6 is 0 Å². The van der Waals surface area contributed by atoms with Crippen molar-refractivity contribution in [3.8, 4) is 5.88 Å². The third-order valence-corrected chi connectivity index (χ3v) is 5.28. The third kappa shape index (κ3) is 5.02. The van der Waals surface area contributed by atoms with Crippen LogP contribution in [0.1, 0.15) is 52.1 Å². The first-order valence-electron chi connectivity index (χ1n) is 10.1. The van der Waals surface area contributed by atoms with E-state index in [2.05, 4.69) is 9.97 Å². The van der Waals surface area contributed by atoms with Gasteiger partial charge in [0.1, 0.15) is 12.4 Å². The number of ether oxygens (including phenoxy) is 1. The number of carbonyl (C=O) groups excluding carboxylic acids is 1. The lowest BCUT2D eigenvalue weighted by Crippen LogP contribution is -2.23. The van der Waals surface area contributed by atoms with Gasteiger partial charge in [-0.2, -0.15) is 13.2 Å². The van der Waals surface area contributed by atoms with Crippen molar-refractivity contribution in [2.75, 3.05) is 0 Å². The summed E-state index contributed by atoms with van der Waals surface area (Å²) in [6, 6.07) is 10.9. The van der Waals surface area contributed by atoms with Crippen LogP contribution in [0.5, 0.6) is 5.88 Å². The lowest BCUT2D eigenvalue weighted by Gasteiger charge is -2.16. The third-order valence-electron chi connectivity index (χ3n) is 5.28. The number of carbonyl (C=O) groups is 1. The van der Waals surface area contributed by atoms with Crippen molar-refractivity contribution < 1.29 is 32.2 Å². The molecule has 0 N–H and O–H groups in total. The summed E-state index contributed by atoms with van der Waals surface area (Å²) >= 11 is 0. The van der Waals surface area contributed by atoms with E-state index in [-0.39, 0.29) is 23.7 Å². The van der Waals surface area contributed by atoms with Crippen LogP contribution in [0.25, 0.3) is 11.1 Å². The first-order chi connectivity index (χ1) is 15.7. The van der Waals surface area contributed by atoms with Crippen LogP contribution in [0.3, 0.4) is 0 Å². The molecule has 1 aliphatic rings. The number of nitrogens with zero attached hydrogens (tertiary/aromatic N) is 2. The Bertz CT molecular complexity index is 1220. The zero-order valence-electron chi connectivity index (χ0n) is 17.2. The zero-order valence-corrected chi connectivity index (χ0v) is 17.2. The number of hydrogen-bond acceptors (Lipinski definition) is 5. The monoisotopic (exact) mass is 457 g/mol. The zero-order chi connectivity index (χ0) is 23.6. The molecule has 0 fully saturated rings. The predicted molar refractivity (Wildman–Crippen MR) is 109 cm³/mol. The number of rotatable bonds is 6. The number of aromatic nitrogens is 2. The molecule has 5 nitrogen and oxygen atoms in total. The predicted octanol–water partition coefficient (Wildman–Crippen LogP) is 4.67. The van der Waals surface area contributed by atoms with Gasteiger partial charge in [0.15, 0.2) is 0 Å². The Morgan fingerprint density at radius 2 is 1.79 bits per heavy atom. The minimum atomic E-state index is -4.61. The van der Waals surface area contributed by atoms with E-state index in [1.807, 2.05) is 0 Å². The van der Waals surface area contributed by atoms with Gasteiger partial charge in [-0.05, 0) is 66.3 Å². The molecule has 0 saturated heterocycles. The highest BCUT2D eigenvalue weighted by atomic mass is 19.4. The number of pyridine rings is 2. The molecule has 0 aliphatic heterocycles. The summed E-state index contributed by atoms with van der Waals surface area (Å²) in [7, 11) is 0. The molecule has 0 atom stereocenters. The molecule has 33 heavy (non-hydrogen) atoms. The van der Waals surface area contributed by atoms with Gasteiger partial charge in [-0.15, -0.1) is 0 Å². The molecular weight excluding hydrogens is 440 g/mol. The Kier molecular flexibility index (Phi) is 6.13.